The monoisotopic (exact) mass is 304 g/mol. The third-order valence-corrected chi connectivity index (χ3v) is 2.78. The topological polar surface area (TPSA) is 168 Å². The number of unbranched alkanes of at least 4 members (excludes halogenated alkanes) is 1. The van der Waals surface area contributed by atoms with Crippen molar-refractivity contribution < 1.29 is 24.6 Å². The summed E-state index contributed by atoms with van der Waals surface area (Å²) in [7, 11) is 0. The molecule has 0 fully saturated rings. The minimum absolute atomic E-state index is 0.409. The molecule has 0 heterocycles. The zero-order chi connectivity index (χ0) is 16.4. The smallest absolute Gasteiger partial charge is 0.322 e. The van der Waals surface area contributed by atoms with Crippen molar-refractivity contribution in [3.8, 4) is 0 Å². The third kappa shape index (κ3) is 8.23. The molecule has 9 nitrogen and oxygen atoms in total. The predicted molar refractivity (Wildman–Crippen MR) is 75.1 cm³/mol. The van der Waals surface area contributed by atoms with Gasteiger partial charge in [0.05, 0.1) is 12.1 Å². The van der Waals surface area contributed by atoms with Crippen molar-refractivity contribution in [2.24, 2.45) is 11.5 Å². The maximum Gasteiger partial charge on any atom is 0.322 e. The third-order valence-electron chi connectivity index (χ3n) is 2.78. The van der Waals surface area contributed by atoms with Crippen LogP contribution in [0.25, 0.3) is 0 Å². The number of carbonyl (C=O) groups excluding carboxylic acids is 2. The van der Waals surface area contributed by atoms with Gasteiger partial charge in [-0.3, -0.25) is 14.4 Å². The molecule has 0 aromatic heterocycles. The van der Waals surface area contributed by atoms with Gasteiger partial charge in [-0.1, -0.05) is 6.42 Å². The highest BCUT2D eigenvalue weighted by Crippen LogP contribution is 2.00. The summed E-state index contributed by atoms with van der Waals surface area (Å²) in [6, 6.07) is -2.07. The fraction of sp³-hybridized carbons (Fsp3) is 0.750. The number of carboxylic acids is 1. The second-order valence-electron chi connectivity index (χ2n) is 4.73. The first-order valence-corrected chi connectivity index (χ1v) is 6.73. The number of nitrogens with one attached hydrogen (secondary N) is 2. The number of hydrogen-bond donors (Lipinski definition) is 6. The number of aliphatic carboxylic acids is 1. The molecule has 0 aliphatic rings. The highest BCUT2D eigenvalue weighted by Gasteiger charge is 2.27. The largest absolute Gasteiger partial charge is 0.480 e. The molecule has 0 rings (SSSR count). The van der Waals surface area contributed by atoms with E-state index in [9.17, 15) is 19.5 Å². The van der Waals surface area contributed by atoms with Crippen LogP contribution in [0.5, 0.6) is 0 Å². The number of carboxylic acid groups (broad SMARTS) is 1. The normalized spacial score (nSPS) is 14.9. The fourth-order valence-electron chi connectivity index (χ4n) is 1.58. The van der Waals surface area contributed by atoms with E-state index >= 15 is 0 Å². The second kappa shape index (κ2) is 10.1. The van der Waals surface area contributed by atoms with Crippen LogP contribution in [0.4, 0.5) is 0 Å². The van der Waals surface area contributed by atoms with Crippen LogP contribution in [-0.2, 0) is 14.4 Å². The van der Waals surface area contributed by atoms with Gasteiger partial charge in [0.15, 0.2) is 0 Å². The van der Waals surface area contributed by atoms with Crippen LogP contribution in [-0.4, -0.2) is 59.3 Å². The molecule has 0 aliphatic heterocycles. The number of carbonyl (C=O) groups is 3. The molecule has 0 radical (unpaired) electrons. The molecule has 0 bridgehead atoms. The van der Waals surface area contributed by atoms with E-state index in [0.717, 1.165) is 6.42 Å². The molecule has 21 heavy (non-hydrogen) atoms. The van der Waals surface area contributed by atoms with Gasteiger partial charge in [-0.05, 0) is 26.3 Å². The molecule has 0 saturated heterocycles. The maximum absolute atomic E-state index is 11.8. The minimum atomic E-state index is -1.25. The maximum atomic E-state index is 11.8. The number of rotatable bonds is 10. The lowest BCUT2D eigenvalue weighted by atomic mass is 10.1. The molecule has 0 aliphatic carbocycles. The summed E-state index contributed by atoms with van der Waals surface area (Å²) in [5.41, 5.74) is 11.0. The van der Waals surface area contributed by atoms with Crippen molar-refractivity contribution in [1.29, 1.82) is 0 Å². The number of nitrogens with two attached hydrogens (primary N) is 2. The minimum Gasteiger partial charge on any atom is -0.480 e. The van der Waals surface area contributed by atoms with Gasteiger partial charge < -0.3 is 32.3 Å². The summed E-state index contributed by atoms with van der Waals surface area (Å²) in [6.07, 6.45) is 0.640. The van der Waals surface area contributed by atoms with Crippen LogP contribution in [0.2, 0.25) is 0 Å². The van der Waals surface area contributed by atoms with Gasteiger partial charge in [-0.25, -0.2) is 0 Å². The van der Waals surface area contributed by atoms with Crippen LogP contribution in [0.1, 0.15) is 26.2 Å². The van der Waals surface area contributed by atoms with Crippen LogP contribution in [0, 0.1) is 0 Å². The summed E-state index contributed by atoms with van der Waals surface area (Å²) < 4.78 is 0. The van der Waals surface area contributed by atoms with E-state index in [2.05, 4.69) is 10.6 Å². The van der Waals surface area contributed by atoms with E-state index in [1.165, 1.54) is 6.92 Å². The van der Waals surface area contributed by atoms with E-state index in [1.54, 1.807) is 0 Å². The van der Waals surface area contributed by atoms with Gasteiger partial charge in [0.2, 0.25) is 11.8 Å². The second-order valence-corrected chi connectivity index (χ2v) is 4.73. The lowest BCUT2D eigenvalue weighted by Crippen LogP contribution is -2.56. The van der Waals surface area contributed by atoms with Crippen LogP contribution < -0.4 is 22.1 Å². The molecule has 0 aromatic rings. The Hall–Kier alpha value is -1.71. The van der Waals surface area contributed by atoms with Gasteiger partial charge in [0.1, 0.15) is 12.6 Å². The highest BCUT2D eigenvalue weighted by atomic mass is 16.4. The van der Waals surface area contributed by atoms with E-state index in [0.29, 0.717) is 19.4 Å². The molecular weight excluding hydrogens is 280 g/mol. The first-order valence-electron chi connectivity index (χ1n) is 6.73. The average molecular weight is 304 g/mol. The Morgan fingerprint density at radius 2 is 1.81 bits per heavy atom. The van der Waals surface area contributed by atoms with Crippen molar-refractivity contribution in [2.75, 3.05) is 13.1 Å². The van der Waals surface area contributed by atoms with E-state index in [1.807, 2.05) is 0 Å². The van der Waals surface area contributed by atoms with E-state index in [-0.39, 0.29) is 0 Å². The van der Waals surface area contributed by atoms with Crippen LogP contribution >= 0.6 is 0 Å². The van der Waals surface area contributed by atoms with Crippen molar-refractivity contribution in [3.63, 3.8) is 0 Å². The summed E-state index contributed by atoms with van der Waals surface area (Å²) in [6.45, 7) is 1.22. The molecule has 0 aromatic carbocycles. The summed E-state index contributed by atoms with van der Waals surface area (Å²) in [5, 5.41) is 22.4. The lowest BCUT2D eigenvalue weighted by molar-refractivity contribution is -0.139. The zero-order valence-corrected chi connectivity index (χ0v) is 12.0. The molecule has 3 atom stereocenters. The Kier molecular flexibility index (Phi) is 9.26. The Bertz CT molecular complexity index is 362. The average Bonchev–Trinajstić information content (AvgIpc) is 2.41. The highest BCUT2D eigenvalue weighted by molar-refractivity contribution is 5.91. The molecule has 0 saturated carbocycles. The van der Waals surface area contributed by atoms with Gasteiger partial charge in [0, 0.05) is 0 Å². The first kappa shape index (κ1) is 19.3. The van der Waals surface area contributed by atoms with Crippen molar-refractivity contribution in [3.05, 3.63) is 0 Å². The predicted octanol–water partition coefficient (Wildman–Crippen LogP) is -2.49. The number of aliphatic hydroxyl groups excluding tert-OH is 1. The first-order chi connectivity index (χ1) is 9.79. The summed E-state index contributed by atoms with van der Waals surface area (Å²) >= 11 is 0. The number of hydrogen-bond acceptors (Lipinski definition) is 6. The summed E-state index contributed by atoms with van der Waals surface area (Å²) in [5.74, 6) is -2.59. The van der Waals surface area contributed by atoms with Gasteiger partial charge in [0.25, 0.3) is 0 Å². The van der Waals surface area contributed by atoms with Gasteiger partial charge in [-0.15, -0.1) is 0 Å². The molecule has 3 unspecified atom stereocenters. The van der Waals surface area contributed by atoms with E-state index < -0.39 is 42.5 Å². The van der Waals surface area contributed by atoms with Crippen LogP contribution in [0.15, 0.2) is 0 Å². The molecular formula is C12H24N4O5. The molecule has 122 valence electrons. The number of amides is 2. The van der Waals surface area contributed by atoms with Crippen molar-refractivity contribution in [1.82, 2.24) is 10.6 Å². The molecule has 9 heteroatoms. The Morgan fingerprint density at radius 1 is 1.19 bits per heavy atom. The SMILES string of the molecule is CC(O)C(NC(=O)C(N)CCCCN)C(=O)NCC(=O)O. The van der Waals surface area contributed by atoms with E-state index in [4.69, 9.17) is 16.6 Å². The standard InChI is InChI=1S/C12H24N4O5/c1-7(17)10(12(21)15-6-9(18)19)16-11(20)8(14)4-2-3-5-13/h7-8,10,17H,2-6,13-14H2,1H3,(H,15,21)(H,16,20)(H,18,19). The Labute approximate surface area is 123 Å². The molecule has 0 spiro atoms. The Balaban J connectivity index is 4.44. The fourth-order valence-corrected chi connectivity index (χ4v) is 1.58. The molecule has 2 amide bonds. The van der Waals surface area contributed by atoms with Gasteiger partial charge in [-0.2, -0.15) is 0 Å². The summed E-state index contributed by atoms with van der Waals surface area (Å²) in [4.78, 5) is 33.9. The van der Waals surface area contributed by atoms with Crippen molar-refractivity contribution in [2.45, 2.75) is 44.4 Å². The number of aliphatic hydroxyl groups is 1. The zero-order valence-electron chi connectivity index (χ0n) is 12.0. The quantitative estimate of drug-likeness (QED) is 0.243. The lowest BCUT2D eigenvalue weighted by Gasteiger charge is -2.22. The van der Waals surface area contributed by atoms with Crippen molar-refractivity contribution >= 4 is 17.8 Å². The Morgan fingerprint density at radius 3 is 2.29 bits per heavy atom. The van der Waals surface area contributed by atoms with Gasteiger partial charge >= 0.3 is 5.97 Å². The van der Waals surface area contributed by atoms with Crippen LogP contribution in [0.3, 0.4) is 0 Å². The molecule has 8 N–H and O–H groups in total.